The smallest absolute Gasteiger partial charge is 0.344 e. The number of benzene rings is 2. The maximum Gasteiger partial charge on any atom is 0.416 e. The summed E-state index contributed by atoms with van der Waals surface area (Å²) in [6.45, 7) is 3.17. The number of aromatic nitrogens is 2. The first kappa shape index (κ1) is 24.6. The summed E-state index contributed by atoms with van der Waals surface area (Å²) in [7, 11) is -4.09. The van der Waals surface area contributed by atoms with E-state index in [-0.39, 0.29) is 22.5 Å². The molecule has 0 bridgehead atoms. The van der Waals surface area contributed by atoms with Crippen molar-refractivity contribution in [3.05, 3.63) is 53.6 Å². The summed E-state index contributed by atoms with van der Waals surface area (Å²) in [6, 6.07) is 7.95. The van der Waals surface area contributed by atoms with Gasteiger partial charge in [0.1, 0.15) is 22.0 Å². The Kier molecular flexibility index (Phi) is 7.36. The molecule has 0 aliphatic rings. The van der Waals surface area contributed by atoms with E-state index in [9.17, 15) is 26.4 Å². The van der Waals surface area contributed by atoms with E-state index in [0.29, 0.717) is 5.52 Å². The number of rotatable bonds is 6. The van der Waals surface area contributed by atoms with Gasteiger partial charge >= 0.3 is 6.18 Å². The van der Waals surface area contributed by atoms with Gasteiger partial charge in [-0.25, -0.2) is 8.42 Å². The number of sulfonamides is 1. The van der Waals surface area contributed by atoms with Gasteiger partial charge in [-0.1, -0.05) is 37.8 Å². The van der Waals surface area contributed by atoms with E-state index in [0.717, 1.165) is 23.9 Å². The fourth-order valence-electron chi connectivity index (χ4n) is 2.88. The summed E-state index contributed by atoms with van der Waals surface area (Å²) >= 11 is 0.879. The Morgan fingerprint density at radius 3 is 2.58 bits per heavy atom. The van der Waals surface area contributed by atoms with E-state index in [1.807, 2.05) is 0 Å². The van der Waals surface area contributed by atoms with E-state index >= 15 is 0 Å². The summed E-state index contributed by atoms with van der Waals surface area (Å²) in [5.74, 6) is 4.12. The third kappa shape index (κ3) is 6.07. The van der Waals surface area contributed by atoms with Crippen molar-refractivity contribution < 1.29 is 26.4 Å². The molecule has 33 heavy (non-hydrogen) atoms. The van der Waals surface area contributed by atoms with E-state index in [1.54, 1.807) is 19.9 Å². The predicted octanol–water partition coefficient (Wildman–Crippen LogP) is 3.18. The van der Waals surface area contributed by atoms with E-state index < -0.39 is 39.6 Å². The van der Waals surface area contributed by atoms with Crippen LogP contribution in [-0.4, -0.2) is 35.7 Å². The van der Waals surface area contributed by atoms with Gasteiger partial charge < -0.3 is 5.32 Å². The van der Waals surface area contributed by atoms with Crippen LogP contribution in [0.2, 0.25) is 0 Å². The first-order valence-electron chi connectivity index (χ1n) is 9.66. The van der Waals surface area contributed by atoms with Crippen molar-refractivity contribution in [3.63, 3.8) is 0 Å². The normalized spacial score (nSPS) is 12.9. The highest BCUT2D eigenvalue weighted by atomic mass is 32.2. The van der Waals surface area contributed by atoms with Gasteiger partial charge in [-0.15, -0.1) is 0 Å². The molecule has 2 aromatic carbocycles. The lowest BCUT2D eigenvalue weighted by Gasteiger charge is -2.21. The van der Waals surface area contributed by atoms with Gasteiger partial charge in [0, 0.05) is 5.56 Å². The molecule has 174 valence electrons. The zero-order valence-electron chi connectivity index (χ0n) is 17.5. The van der Waals surface area contributed by atoms with Crippen LogP contribution in [0.1, 0.15) is 25.0 Å². The van der Waals surface area contributed by atoms with Crippen LogP contribution >= 0.6 is 11.7 Å². The molecule has 0 radical (unpaired) electrons. The van der Waals surface area contributed by atoms with Crippen LogP contribution in [0.4, 0.5) is 13.2 Å². The highest BCUT2D eigenvalue weighted by Gasteiger charge is 2.31. The lowest BCUT2D eigenvalue weighted by molar-refractivity contribution is -0.137. The summed E-state index contributed by atoms with van der Waals surface area (Å²) in [5, 5.41) is 2.50. The molecule has 1 aromatic heterocycles. The molecule has 12 heteroatoms. The molecule has 2 N–H and O–H groups in total. The van der Waals surface area contributed by atoms with E-state index in [2.05, 4.69) is 30.6 Å². The highest BCUT2D eigenvalue weighted by Crippen LogP contribution is 2.29. The van der Waals surface area contributed by atoms with Crippen molar-refractivity contribution in [1.82, 2.24) is 18.8 Å². The maximum atomic E-state index is 12.9. The van der Waals surface area contributed by atoms with Gasteiger partial charge in [-0.3, -0.25) is 4.79 Å². The third-order valence-electron chi connectivity index (χ3n) is 4.54. The molecule has 3 aromatic rings. The van der Waals surface area contributed by atoms with Crippen LogP contribution in [-0.2, 0) is 21.0 Å². The molecular formula is C21H19F3N4O3S2. The van der Waals surface area contributed by atoms with Crippen molar-refractivity contribution in [3.8, 4) is 11.8 Å². The Morgan fingerprint density at radius 1 is 1.15 bits per heavy atom. The van der Waals surface area contributed by atoms with Crippen LogP contribution in [0.5, 0.6) is 0 Å². The van der Waals surface area contributed by atoms with Crippen LogP contribution in [0.3, 0.4) is 0 Å². The lowest BCUT2D eigenvalue weighted by Crippen LogP contribution is -2.49. The van der Waals surface area contributed by atoms with Crippen molar-refractivity contribution in [1.29, 1.82) is 0 Å². The molecule has 3 rings (SSSR count). The van der Waals surface area contributed by atoms with Crippen LogP contribution < -0.4 is 10.0 Å². The van der Waals surface area contributed by atoms with E-state index in [1.165, 1.54) is 24.3 Å². The second-order valence-corrected chi connectivity index (χ2v) is 9.54. The Balaban J connectivity index is 1.69. The van der Waals surface area contributed by atoms with Crippen LogP contribution in [0.25, 0.3) is 11.0 Å². The standard InChI is InChI=1S/C21H19F3N4O3S2/c1-13(2)18(28-33(30,31)17-10-4-9-16-19(17)27-32-26-16)20(29)25-11-5-7-14-6-3-8-15(12-14)21(22,23)24/h3-4,6,8-10,12-13,18,28H,11H2,1-2H3,(H,25,29)/t18-/m0/s1. The Hall–Kier alpha value is -3.01. The number of nitrogens with one attached hydrogen (secondary N) is 2. The van der Waals surface area contributed by atoms with Gasteiger partial charge in [0.15, 0.2) is 0 Å². The minimum absolute atomic E-state index is 0.0865. The average Bonchev–Trinajstić information content (AvgIpc) is 3.23. The monoisotopic (exact) mass is 496 g/mol. The zero-order valence-corrected chi connectivity index (χ0v) is 19.1. The number of halogens is 3. The molecule has 0 unspecified atom stereocenters. The fourth-order valence-corrected chi connectivity index (χ4v) is 4.99. The number of hydrogen-bond acceptors (Lipinski definition) is 6. The first-order chi connectivity index (χ1) is 15.5. The molecule has 0 aliphatic heterocycles. The zero-order chi connectivity index (χ0) is 24.2. The van der Waals surface area contributed by atoms with Gasteiger partial charge in [-0.05, 0) is 36.2 Å². The molecule has 0 fully saturated rings. The average molecular weight is 497 g/mol. The predicted molar refractivity (Wildman–Crippen MR) is 118 cm³/mol. The number of hydrogen-bond donors (Lipinski definition) is 2. The topological polar surface area (TPSA) is 101 Å². The van der Waals surface area contributed by atoms with Crippen LogP contribution in [0, 0.1) is 17.8 Å². The lowest BCUT2D eigenvalue weighted by atomic mass is 10.1. The minimum Gasteiger partial charge on any atom is -0.344 e. The van der Waals surface area contributed by atoms with Gasteiger partial charge in [0.2, 0.25) is 15.9 Å². The molecule has 0 saturated carbocycles. The Bertz CT molecular complexity index is 1330. The molecule has 1 heterocycles. The van der Waals surface area contributed by atoms with Gasteiger partial charge in [0.05, 0.1) is 23.8 Å². The molecule has 1 amide bonds. The first-order valence-corrected chi connectivity index (χ1v) is 11.9. The SMILES string of the molecule is CC(C)[C@H](NS(=O)(=O)c1cccc2nsnc12)C(=O)NCC#Cc1cccc(C(F)(F)F)c1. The number of amides is 1. The largest absolute Gasteiger partial charge is 0.416 e. The summed E-state index contributed by atoms with van der Waals surface area (Å²) in [4.78, 5) is 12.5. The Labute approximate surface area is 192 Å². The number of alkyl halides is 3. The summed E-state index contributed by atoms with van der Waals surface area (Å²) < 4.78 is 74.6. The number of carbonyl (C=O) groups is 1. The quantitative estimate of drug-likeness (QED) is 0.511. The third-order valence-corrected chi connectivity index (χ3v) is 6.56. The molecule has 1 atom stereocenters. The van der Waals surface area contributed by atoms with E-state index in [4.69, 9.17) is 0 Å². The van der Waals surface area contributed by atoms with Crippen molar-refractivity contribution in [2.75, 3.05) is 6.54 Å². The molecule has 0 aliphatic carbocycles. The van der Waals surface area contributed by atoms with Crippen molar-refractivity contribution >= 4 is 38.7 Å². The van der Waals surface area contributed by atoms with Crippen molar-refractivity contribution in [2.24, 2.45) is 5.92 Å². The van der Waals surface area contributed by atoms with Gasteiger partial charge in [0.25, 0.3) is 0 Å². The highest BCUT2D eigenvalue weighted by molar-refractivity contribution is 7.89. The van der Waals surface area contributed by atoms with Gasteiger partial charge in [-0.2, -0.15) is 26.6 Å². The second kappa shape index (κ2) is 9.86. The summed E-state index contributed by atoms with van der Waals surface area (Å²) in [6.07, 6.45) is -4.48. The Morgan fingerprint density at radius 2 is 1.88 bits per heavy atom. The second-order valence-electron chi connectivity index (χ2n) is 7.33. The molecule has 0 spiro atoms. The number of fused-ring (bicyclic) bond motifs is 1. The fraction of sp³-hybridized carbons (Fsp3) is 0.286. The molecular weight excluding hydrogens is 477 g/mol. The molecule has 7 nitrogen and oxygen atoms in total. The number of carbonyl (C=O) groups excluding carboxylic acids is 1. The molecule has 0 saturated heterocycles. The maximum absolute atomic E-state index is 12.9. The minimum atomic E-state index is -4.48. The van der Waals surface area contributed by atoms with Crippen LogP contribution in [0.15, 0.2) is 47.4 Å². The van der Waals surface area contributed by atoms with Crippen molar-refractivity contribution in [2.45, 2.75) is 31.0 Å². The summed E-state index contributed by atoms with van der Waals surface area (Å²) in [5.41, 5.74) is -0.0359. The number of nitrogens with zero attached hydrogens (tertiary/aromatic N) is 2.